The van der Waals surface area contributed by atoms with Gasteiger partial charge in [0.2, 0.25) is 12.7 Å². The fraction of sp³-hybridized carbons (Fsp3) is 0.619. The summed E-state index contributed by atoms with van der Waals surface area (Å²) in [6.07, 6.45) is 3.39. The number of rotatable bonds is 3. The first-order valence-electron chi connectivity index (χ1n) is 10.2. The Labute approximate surface area is 164 Å². The minimum absolute atomic E-state index is 0.00379. The van der Waals surface area contributed by atoms with E-state index in [4.69, 9.17) is 14.2 Å². The Balaban J connectivity index is 1.42. The van der Waals surface area contributed by atoms with Gasteiger partial charge < -0.3 is 24.0 Å². The fourth-order valence-corrected chi connectivity index (χ4v) is 5.51. The molecule has 0 radical (unpaired) electrons. The Bertz CT molecular complexity index is 806. The molecule has 4 aliphatic rings. The van der Waals surface area contributed by atoms with Crippen LogP contribution in [0, 0.1) is 5.41 Å². The number of hydrogen-bond acceptors (Lipinski definition) is 5. The Morgan fingerprint density at radius 3 is 2.71 bits per heavy atom. The summed E-state index contributed by atoms with van der Waals surface area (Å²) < 4.78 is 16.2. The molecule has 3 fully saturated rings. The van der Waals surface area contributed by atoms with Gasteiger partial charge in [-0.3, -0.25) is 9.59 Å². The van der Waals surface area contributed by atoms with Crippen LogP contribution in [-0.4, -0.2) is 66.8 Å². The van der Waals surface area contributed by atoms with Gasteiger partial charge >= 0.3 is 0 Å². The van der Waals surface area contributed by atoms with Crippen molar-refractivity contribution in [1.82, 2.24) is 9.80 Å². The molecule has 5 rings (SSSR count). The van der Waals surface area contributed by atoms with Crippen LogP contribution in [0.25, 0.3) is 0 Å². The minimum atomic E-state index is -0.466. The van der Waals surface area contributed by atoms with Crippen LogP contribution in [0.3, 0.4) is 0 Å². The van der Waals surface area contributed by atoms with Gasteiger partial charge in [0.1, 0.15) is 0 Å². The van der Waals surface area contributed by atoms with E-state index in [0.29, 0.717) is 43.4 Å². The van der Waals surface area contributed by atoms with E-state index in [1.807, 2.05) is 9.80 Å². The molecule has 2 bridgehead atoms. The molecule has 4 aliphatic heterocycles. The highest BCUT2D eigenvalue weighted by atomic mass is 16.7. The molecule has 7 heteroatoms. The monoisotopic (exact) mass is 386 g/mol. The lowest BCUT2D eigenvalue weighted by molar-refractivity contribution is -0.148. The second-order valence-electron chi connectivity index (χ2n) is 8.15. The Morgan fingerprint density at radius 2 is 1.93 bits per heavy atom. The van der Waals surface area contributed by atoms with E-state index in [1.54, 1.807) is 18.2 Å². The Kier molecular flexibility index (Phi) is 4.23. The van der Waals surface area contributed by atoms with Crippen LogP contribution in [0.5, 0.6) is 11.5 Å². The van der Waals surface area contributed by atoms with E-state index >= 15 is 0 Å². The molecule has 0 saturated carbocycles. The van der Waals surface area contributed by atoms with E-state index in [2.05, 4.69) is 6.92 Å². The summed E-state index contributed by atoms with van der Waals surface area (Å²) in [5, 5.41) is 0. The van der Waals surface area contributed by atoms with Crippen molar-refractivity contribution in [2.75, 3.05) is 33.1 Å². The summed E-state index contributed by atoms with van der Waals surface area (Å²) in [5.74, 6) is 1.49. The summed E-state index contributed by atoms with van der Waals surface area (Å²) in [4.78, 5) is 30.8. The number of nitrogens with zero attached hydrogens (tertiary/aromatic N) is 2. The number of benzene rings is 1. The lowest BCUT2D eigenvalue weighted by Crippen LogP contribution is -2.53. The van der Waals surface area contributed by atoms with Crippen LogP contribution in [-0.2, 0) is 9.53 Å². The predicted molar refractivity (Wildman–Crippen MR) is 100 cm³/mol. The zero-order valence-corrected chi connectivity index (χ0v) is 16.2. The van der Waals surface area contributed by atoms with Crippen molar-refractivity contribution in [3.63, 3.8) is 0 Å². The summed E-state index contributed by atoms with van der Waals surface area (Å²) in [7, 11) is 0. The van der Waals surface area contributed by atoms with Gasteiger partial charge in [0.15, 0.2) is 11.5 Å². The molecule has 1 aromatic rings. The zero-order valence-electron chi connectivity index (χ0n) is 16.2. The van der Waals surface area contributed by atoms with E-state index in [1.165, 1.54) is 0 Å². The van der Waals surface area contributed by atoms with Gasteiger partial charge in [-0.25, -0.2) is 0 Å². The molecule has 0 spiro atoms. The third-order valence-electron chi connectivity index (χ3n) is 6.95. The van der Waals surface area contributed by atoms with Crippen molar-refractivity contribution in [2.45, 2.75) is 44.7 Å². The first-order valence-corrected chi connectivity index (χ1v) is 10.2. The molecule has 28 heavy (non-hydrogen) atoms. The predicted octanol–water partition coefficient (Wildman–Crippen LogP) is 2.05. The molecule has 1 aromatic carbocycles. The van der Waals surface area contributed by atoms with Crippen LogP contribution in [0.15, 0.2) is 18.2 Å². The van der Waals surface area contributed by atoms with Gasteiger partial charge in [0.05, 0.1) is 18.6 Å². The van der Waals surface area contributed by atoms with Gasteiger partial charge in [-0.05, 0) is 43.9 Å². The van der Waals surface area contributed by atoms with Gasteiger partial charge in [-0.15, -0.1) is 0 Å². The molecular formula is C21H26N2O5. The molecule has 2 amide bonds. The molecule has 7 nitrogen and oxygen atoms in total. The first-order chi connectivity index (χ1) is 13.6. The standard InChI is InChI=1S/C21H26N2O5/c1-2-21(20(25)22-7-9-26-10-8-22)12-15-4-6-18(21)23(15)19(24)14-3-5-16-17(11-14)28-13-27-16/h3,5,11,15,18H,2,4,6-10,12-13H2,1H3/t15-,18+,21+/m1/s1. The molecule has 0 unspecified atom stereocenters. The summed E-state index contributed by atoms with van der Waals surface area (Å²) in [5.41, 5.74) is 0.138. The average Bonchev–Trinajstić information content (AvgIpc) is 3.46. The quantitative estimate of drug-likeness (QED) is 0.795. The number of morpholine rings is 1. The number of amides is 2. The Morgan fingerprint density at radius 1 is 1.14 bits per heavy atom. The van der Waals surface area contributed by atoms with Crippen molar-refractivity contribution >= 4 is 11.8 Å². The number of fused-ring (bicyclic) bond motifs is 3. The van der Waals surface area contributed by atoms with Crippen LogP contribution in [0.4, 0.5) is 0 Å². The average molecular weight is 386 g/mol. The molecule has 3 saturated heterocycles. The number of carbonyl (C=O) groups excluding carboxylic acids is 2. The second kappa shape index (κ2) is 6.65. The van der Waals surface area contributed by atoms with Crippen LogP contribution >= 0.6 is 0 Å². The van der Waals surface area contributed by atoms with Crippen LogP contribution < -0.4 is 9.47 Å². The molecule has 4 heterocycles. The lowest BCUT2D eigenvalue weighted by Gasteiger charge is -2.40. The topological polar surface area (TPSA) is 68.3 Å². The number of hydrogen-bond donors (Lipinski definition) is 0. The van der Waals surface area contributed by atoms with Crippen molar-refractivity contribution in [1.29, 1.82) is 0 Å². The largest absolute Gasteiger partial charge is 0.454 e. The van der Waals surface area contributed by atoms with Crippen LogP contribution in [0.1, 0.15) is 43.0 Å². The van der Waals surface area contributed by atoms with Gasteiger partial charge in [0.25, 0.3) is 5.91 Å². The minimum Gasteiger partial charge on any atom is -0.454 e. The van der Waals surface area contributed by atoms with Gasteiger partial charge in [-0.2, -0.15) is 0 Å². The van der Waals surface area contributed by atoms with E-state index in [-0.39, 0.29) is 30.7 Å². The van der Waals surface area contributed by atoms with Crippen molar-refractivity contribution < 1.29 is 23.8 Å². The Hall–Kier alpha value is -2.28. The van der Waals surface area contributed by atoms with Crippen molar-refractivity contribution in [2.24, 2.45) is 5.41 Å². The van der Waals surface area contributed by atoms with E-state index in [9.17, 15) is 9.59 Å². The summed E-state index contributed by atoms with van der Waals surface area (Å²) in [6.45, 7) is 4.76. The highest BCUT2D eigenvalue weighted by Gasteiger charge is 2.61. The highest BCUT2D eigenvalue weighted by molar-refractivity contribution is 5.97. The summed E-state index contributed by atoms with van der Waals surface area (Å²) >= 11 is 0. The van der Waals surface area contributed by atoms with Gasteiger partial charge in [0, 0.05) is 30.7 Å². The molecule has 3 atom stereocenters. The summed E-state index contributed by atoms with van der Waals surface area (Å²) in [6, 6.07) is 5.45. The third-order valence-corrected chi connectivity index (χ3v) is 6.95. The highest BCUT2D eigenvalue weighted by Crippen LogP contribution is 2.53. The maximum atomic E-state index is 13.5. The molecule has 150 valence electrons. The first kappa shape index (κ1) is 17.8. The molecular weight excluding hydrogens is 360 g/mol. The number of carbonyl (C=O) groups is 2. The van der Waals surface area contributed by atoms with E-state index < -0.39 is 5.41 Å². The molecule has 0 aliphatic carbocycles. The number of ether oxygens (including phenoxy) is 3. The lowest BCUT2D eigenvalue weighted by atomic mass is 9.70. The van der Waals surface area contributed by atoms with Crippen molar-refractivity contribution in [3.8, 4) is 11.5 Å². The van der Waals surface area contributed by atoms with Gasteiger partial charge in [-0.1, -0.05) is 6.92 Å². The SMILES string of the molecule is CC[C@]1(C(=O)N2CCOCC2)C[C@H]2CC[C@@H]1N2C(=O)c1ccc2c(c1)OCO2. The van der Waals surface area contributed by atoms with Crippen LogP contribution in [0.2, 0.25) is 0 Å². The molecule has 0 aromatic heterocycles. The second-order valence-corrected chi connectivity index (χ2v) is 8.15. The smallest absolute Gasteiger partial charge is 0.254 e. The maximum Gasteiger partial charge on any atom is 0.254 e. The zero-order chi connectivity index (χ0) is 19.3. The normalized spacial score (nSPS) is 30.8. The molecule has 0 N–H and O–H groups in total. The van der Waals surface area contributed by atoms with E-state index in [0.717, 1.165) is 25.7 Å². The fourth-order valence-electron chi connectivity index (χ4n) is 5.51. The maximum absolute atomic E-state index is 13.5. The van der Waals surface area contributed by atoms with Crippen molar-refractivity contribution in [3.05, 3.63) is 23.8 Å². The third kappa shape index (κ3) is 2.52.